The van der Waals surface area contributed by atoms with Crippen LogP contribution in [0.4, 0.5) is 5.69 Å². The van der Waals surface area contributed by atoms with Crippen molar-refractivity contribution in [3.05, 3.63) is 91.3 Å². The van der Waals surface area contributed by atoms with E-state index in [0.717, 1.165) is 24.3 Å². The van der Waals surface area contributed by atoms with E-state index < -0.39 is 101 Å². The van der Waals surface area contributed by atoms with E-state index in [1.165, 1.54) is 6.07 Å². The minimum absolute atomic E-state index is 0.450. The Morgan fingerprint density at radius 3 is 1.95 bits per heavy atom. The third kappa shape index (κ3) is 4.75. The van der Waals surface area contributed by atoms with Crippen molar-refractivity contribution in [2.75, 3.05) is 0 Å². The molecule has 3 aromatic rings. The Hall–Kier alpha value is -6.22. The maximum absolute atomic E-state index is 13.5. The molecular weight excluding hydrogens is 568 g/mol. The van der Waals surface area contributed by atoms with Gasteiger partial charge in [0.2, 0.25) is 17.3 Å². The van der Waals surface area contributed by atoms with Crippen LogP contribution in [0.2, 0.25) is 0 Å². The summed E-state index contributed by atoms with van der Waals surface area (Å²) >= 11 is 0. The Labute approximate surface area is 226 Å². The summed E-state index contributed by atoms with van der Waals surface area (Å²) in [5, 5.41) is 55.7. The van der Waals surface area contributed by atoms with Crippen LogP contribution in [0.1, 0.15) is 31.8 Å². The number of aromatic hydroxyl groups is 5. The van der Waals surface area contributed by atoms with Crippen LogP contribution in [0, 0.1) is 0 Å². The number of hydrogen-bond donors (Lipinski definition) is 5. The third-order valence-electron chi connectivity index (χ3n) is 5.55. The van der Waals surface area contributed by atoms with E-state index in [1.54, 1.807) is 0 Å². The van der Waals surface area contributed by atoms with E-state index in [2.05, 4.69) is 20.1 Å². The predicted octanol–water partition coefficient (Wildman–Crippen LogP) is 3.54. The van der Waals surface area contributed by atoms with Gasteiger partial charge in [0.15, 0.2) is 34.5 Å². The lowest BCUT2D eigenvalue weighted by atomic mass is 9.92. The monoisotopic (exact) mass is 580 g/mol. The standard InChI is InChI=1S/C23H12N6O11S/c24-28-26-11-3-1-2-10-16(11)23(17(27-29-25)22(37)19(10)34)41(38,39)40-15-7-9(6-14(32)21(15)36)18(33)8-4-12(30)20(35)13(31)5-8/h1-7,30-32,35-36H. The van der Waals surface area contributed by atoms with Gasteiger partial charge in [0.25, 0.3) is 0 Å². The second kappa shape index (κ2) is 10.2. The van der Waals surface area contributed by atoms with Crippen LogP contribution in [0.15, 0.2) is 58.4 Å². The van der Waals surface area contributed by atoms with E-state index >= 15 is 0 Å². The lowest BCUT2D eigenvalue weighted by Gasteiger charge is -2.21. The van der Waals surface area contributed by atoms with Crippen LogP contribution in [0.3, 0.4) is 0 Å². The van der Waals surface area contributed by atoms with Gasteiger partial charge in [-0.15, -0.1) is 0 Å². The maximum Gasteiger partial charge on any atom is 0.340 e. The highest BCUT2D eigenvalue weighted by Gasteiger charge is 2.41. The second-order valence-electron chi connectivity index (χ2n) is 7.99. The first-order chi connectivity index (χ1) is 19.3. The minimum atomic E-state index is -5.42. The summed E-state index contributed by atoms with van der Waals surface area (Å²) in [6.07, 6.45) is 0. The van der Waals surface area contributed by atoms with Crippen molar-refractivity contribution in [1.82, 2.24) is 0 Å². The topological polar surface area (TPSA) is 293 Å². The van der Waals surface area contributed by atoms with Crippen LogP contribution in [0.25, 0.3) is 25.8 Å². The molecule has 206 valence electrons. The number of allylic oxidation sites excluding steroid dienone is 1. The zero-order valence-electron chi connectivity index (χ0n) is 19.8. The molecule has 17 nitrogen and oxygen atoms in total. The summed E-state index contributed by atoms with van der Waals surface area (Å²) in [4.78, 5) is 41.9. The number of azide groups is 2. The van der Waals surface area contributed by atoms with Gasteiger partial charge in [0, 0.05) is 37.8 Å². The molecule has 0 aliphatic heterocycles. The van der Waals surface area contributed by atoms with Gasteiger partial charge in [-0.25, -0.2) is 0 Å². The SMILES string of the molecule is [N-]=[N+]=NC1=C(S(=O)(=O)Oc2cc(C(=O)c3cc(O)c(O)c(O)c3)cc(O)c2O)c2c(N=[N+]=[N-])cccc2C(=O)C1=O. The number of fused-ring (bicyclic) bond motifs is 1. The lowest BCUT2D eigenvalue weighted by molar-refractivity contribution is -0.111. The maximum atomic E-state index is 13.5. The third-order valence-corrected chi connectivity index (χ3v) is 6.84. The molecule has 0 saturated heterocycles. The van der Waals surface area contributed by atoms with Crippen molar-refractivity contribution in [2.45, 2.75) is 0 Å². The number of hydrogen-bond acceptors (Lipinski definition) is 13. The Bertz CT molecular complexity index is 1930. The number of carbonyl (C=O) groups is 3. The lowest BCUT2D eigenvalue weighted by Crippen LogP contribution is -2.27. The minimum Gasteiger partial charge on any atom is -0.504 e. The fourth-order valence-corrected chi connectivity index (χ4v) is 5.06. The van der Waals surface area contributed by atoms with Crippen LogP contribution >= 0.6 is 0 Å². The van der Waals surface area contributed by atoms with Crippen molar-refractivity contribution in [3.8, 4) is 34.5 Å². The van der Waals surface area contributed by atoms with Crippen LogP contribution in [0.5, 0.6) is 34.5 Å². The Kier molecular flexibility index (Phi) is 6.89. The summed E-state index contributed by atoms with van der Waals surface area (Å²) < 4.78 is 32.0. The average Bonchev–Trinajstić information content (AvgIpc) is 2.92. The van der Waals surface area contributed by atoms with Gasteiger partial charge in [0.1, 0.15) is 10.6 Å². The number of ketones is 3. The number of carbonyl (C=O) groups excluding carboxylic acids is 3. The van der Waals surface area contributed by atoms with E-state index in [9.17, 15) is 48.3 Å². The molecule has 0 amide bonds. The quantitative estimate of drug-likeness (QED) is 0.0512. The number of Topliss-reactive ketones (excluding diaryl/α,β-unsaturated/α-hetero) is 2. The molecule has 0 radical (unpaired) electrons. The Morgan fingerprint density at radius 2 is 1.37 bits per heavy atom. The van der Waals surface area contributed by atoms with Crippen molar-refractivity contribution in [1.29, 1.82) is 0 Å². The highest BCUT2D eigenvalue weighted by molar-refractivity contribution is 7.96. The van der Waals surface area contributed by atoms with Gasteiger partial charge in [-0.3, -0.25) is 14.4 Å². The molecule has 0 spiro atoms. The second-order valence-corrected chi connectivity index (χ2v) is 9.47. The largest absolute Gasteiger partial charge is 0.504 e. The van der Waals surface area contributed by atoms with Gasteiger partial charge in [0.05, 0.1) is 0 Å². The van der Waals surface area contributed by atoms with Gasteiger partial charge in [-0.05, 0) is 35.3 Å². The molecule has 0 bridgehead atoms. The highest BCUT2D eigenvalue weighted by atomic mass is 32.2. The van der Waals surface area contributed by atoms with Crippen LogP contribution in [-0.2, 0) is 14.9 Å². The van der Waals surface area contributed by atoms with Crippen LogP contribution in [-0.4, -0.2) is 51.3 Å². The molecule has 0 saturated carbocycles. The molecule has 1 aliphatic carbocycles. The summed E-state index contributed by atoms with van der Waals surface area (Å²) in [6.45, 7) is 0. The number of benzene rings is 3. The van der Waals surface area contributed by atoms with E-state index in [-0.39, 0.29) is 0 Å². The molecule has 3 aromatic carbocycles. The molecule has 41 heavy (non-hydrogen) atoms. The molecular formula is C23H12N6O11S. The zero-order chi connectivity index (χ0) is 30.2. The van der Waals surface area contributed by atoms with Crippen molar-refractivity contribution >= 4 is 38.1 Å². The smallest absolute Gasteiger partial charge is 0.340 e. The predicted molar refractivity (Wildman–Crippen MR) is 135 cm³/mol. The molecule has 0 aromatic heterocycles. The normalized spacial score (nSPS) is 12.7. The van der Waals surface area contributed by atoms with E-state index in [0.29, 0.717) is 12.1 Å². The first-order valence-electron chi connectivity index (χ1n) is 10.7. The average molecular weight is 580 g/mol. The number of phenols is 5. The zero-order valence-corrected chi connectivity index (χ0v) is 20.6. The highest BCUT2D eigenvalue weighted by Crippen LogP contribution is 2.44. The number of rotatable bonds is 7. The van der Waals surface area contributed by atoms with E-state index in [4.69, 9.17) is 15.2 Å². The molecule has 1 aliphatic rings. The number of nitrogens with zero attached hydrogens (tertiary/aromatic N) is 6. The van der Waals surface area contributed by atoms with Crippen molar-refractivity contribution in [3.63, 3.8) is 0 Å². The Morgan fingerprint density at radius 1 is 0.805 bits per heavy atom. The van der Waals surface area contributed by atoms with Crippen molar-refractivity contribution in [2.24, 2.45) is 10.2 Å². The molecule has 0 heterocycles. The molecule has 5 N–H and O–H groups in total. The molecule has 18 heteroatoms. The molecule has 4 rings (SSSR count). The van der Waals surface area contributed by atoms with Gasteiger partial charge < -0.3 is 29.7 Å². The van der Waals surface area contributed by atoms with Crippen molar-refractivity contribution < 1.29 is 52.5 Å². The molecule has 0 unspecified atom stereocenters. The van der Waals surface area contributed by atoms with Gasteiger partial charge in [-0.2, -0.15) is 8.42 Å². The first kappa shape index (κ1) is 27.8. The van der Waals surface area contributed by atoms with Gasteiger partial charge in [-0.1, -0.05) is 28.4 Å². The van der Waals surface area contributed by atoms with Crippen LogP contribution < -0.4 is 4.18 Å². The number of phenolic OH excluding ortho intramolecular Hbond substituents is 5. The van der Waals surface area contributed by atoms with E-state index in [1.807, 2.05) is 0 Å². The summed E-state index contributed by atoms with van der Waals surface area (Å²) in [6, 6.07) is 6.08. The van der Waals surface area contributed by atoms with Gasteiger partial charge >= 0.3 is 10.1 Å². The Balaban J connectivity index is 1.92. The fraction of sp³-hybridized carbons (Fsp3) is 0. The molecule has 0 atom stereocenters. The summed E-state index contributed by atoms with van der Waals surface area (Å²) in [5.41, 5.74) is 13.9. The fourth-order valence-electron chi connectivity index (χ4n) is 3.78. The molecule has 0 fully saturated rings. The first-order valence-corrected chi connectivity index (χ1v) is 12.1. The summed E-state index contributed by atoms with van der Waals surface area (Å²) in [7, 11) is -5.42. The summed E-state index contributed by atoms with van der Waals surface area (Å²) in [5.74, 6) is -10.0.